The Morgan fingerprint density at radius 2 is 1.56 bits per heavy atom. The van der Waals surface area contributed by atoms with Crippen LogP contribution < -0.4 is 0 Å². The van der Waals surface area contributed by atoms with Gasteiger partial charge in [-0.05, 0) is 30.7 Å². The number of ether oxygens (including phenoxy) is 1. The first-order valence-corrected chi connectivity index (χ1v) is 6.20. The smallest absolute Gasteiger partial charge is 0.167 e. The monoisotopic (exact) mass is 260 g/mol. The van der Waals surface area contributed by atoms with Crippen molar-refractivity contribution in [1.82, 2.24) is 0 Å². The zero-order valence-electron chi connectivity index (χ0n) is 10.4. The van der Waals surface area contributed by atoms with Gasteiger partial charge in [0.2, 0.25) is 0 Å². The van der Waals surface area contributed by atoms with Gasteiger partial charge in [0.25, 0.3) is 0 Å². The molecule has 0 spiro atoms. The van der Waals surface area contributed by atoms with E-state index in [-0.39, 0.29) is 0 Å². The van der Waals surface area contributed by atoms with E-state index in [1.807, 2.05) is 0 Å². The van der Waals surface area contributed by atoms with Crippen molar-refractivity contribution in [2.75, 3.05) is 13.2 Å². The van der Waals surface area contributed by atoms with Crippen molar-refractivity contribution in [2.24, 2.45) is 0 Å². The van der Waals surface area contributed by atoms with Gasteiger partial charge in [0, 0.05) is 10.1 Å². The third-order valence-electron chi connectivity index (χ3n) is 2.27. The second kappa shape index (κ2) is 12.4. The summed E-state index contributed by atoms with van der Waals surface area (Å²) in [7, 11) is 0. The molecule has 0 saturated carbocycles. The molecule has 0 atom stereocenters. The van der Waals surface area contributed by atoms with Crippen LogP contribution in [0.25, 0.3) is 0 Å². The Hall–Kier alpha value is -1.08. The van der Waals surface area contributed by atoms with Crippen molar-refractivity contribution in [1.29, 1.82) is 0 Å². The molecule has 18 heavy (non-hydrogen) atoms. The van der Waals surface area contributed by atoms with Crippen molar-refractivity contribution >= 4 is 0 Å². The van der Waals surface area contributed by atoms with Crippen molar-refractivity contribution < 1.29 is 29.6 Å². The fourth-order valence-corrected chi connectivity index (χ4v) is 1.39. The SMILES string of the molecule is C1=C\CCOOOOO/C=C\OCCCCCC/1. The van der Waals surface area contributed by atoms with Gasteiger partial charge in [-0.2, -0.15) is 0 Å². The molecule has 0 unspecified atom stereocenters. The van der Waals surface area contributed by atoms with Crippen LogP contribution in [0.1, 0.15) is 38.5 Å². The number of hydrogen-bond donors (Lipinski definition) is 0. The van der Waals surface area contributed by atoms with Gasteiger partial charge in [0.15, 0.2) is 6.26 Å². The van der Waals surface area contributed by atoms with Crippen molar-refractivity contribution in [3.05, 3.63) is 24.7 Å². The Morgan fingerprint density at radius 3 is 2.56 bits per heavy atom. The molecule has 0 bridgehead atoms. The van der Waals surface area contributed by atoms with Crippen LogP contribution in [-0.4, -0.2) is 13.2 Å². The molecule has 104 valence electrons. The summed E-state index contributed by atoms with van der Waals surface area (Å²) in [5, 5.41) is 12.5. The fraction of sp³-hybridized carbons (Fsp3) is 0.667. The number of allylic oxidation sites excluding steroid dienone is 1. The minimum atomic E-state index is 0.388. The van der Waals surface area contributed by atoms with E-state index in [1.54, 1.807) is 0 Å². The van der Waals surface area contributed by atoms with Gasteiger partial charge in [0.05, 0.1) is 13.2 Å². The van der Waals surface area contributed by atoms with Crippen molar-refractivity contribution in [2.45, 2.75) is 38.5 Å². The Bertz CT molecular complexity index is 185. The predicted octanol–water partition coefficient (Wildman–Crippen LogP) is 3.13. The van der Waals surface area contributed by atoms with E-state index in [0.29, 0.717) is 13.2 Å². The zero-order valence-corrected chi connectivity index (χ0v) is 10.4. The Kier molecular flexibility index (Phi) is 10.3. The molecule has 0 aromatic heterocycles. The van der Waals surface area contributed by atoms with E-state index in [1.165, 1.54) is 31.8 Å². The molecule has 0 radical (unpaired) electrons. The topological polar surface area (TPSA) is 55.4 Å². The predicted molar refractivity (Wildman–Crippen MR) is 62.2 cm³/mol. The second-order valence-corrected chi connectivity index (χ2v) is 3.73. The van der Waals surface area contributed by atoms with E-state index < -0.39 is 0 Å². The molecule has 0 aromatic rings. The first kappa shape index (κ1) is 15.0. The van der Waals surface area contributed by atoms with Gasteiger partial charge in [0.1, 0.15) is 6.26 Å². The molecule has 0 aromatic carbocycles. The standard InChI is InChI=1S/C12H20O6/c1-2-4-6-8-10-14-16-18-17-15-12-11-13-9-7-5-3-1/h4,6,11-12H,1-3,5,7-10H2/b6-4-,12-11-. The zero-order chi connectivity index (χ0) is 12.7. The molecule has 0 amide bonds. The lowest BCUT2D eigenvalue weighted by molar-refractivity contribution is -0.700. The molecule has 0 fully saturated rings. The van der Waals surface area contributed by atoms with Gasteiger partial charge in [-0.15, -0.1) is 0 Å². The third kappa shape index (κ3) is 10.1. The summed E-state index contributed by atoms with van der Waals surface area (Å²) in [4.78, 5) is 9.08. The first-order valence-electron chi connectivity index (χ1n) is 6.20. The Balaban J connectivity index is 2.12. The van der Waals surface area contributed by atoms with E-state index in [9.17, 15) is 0 Å². The van der Waals surface area contributed by atoms with Crippen LogP contribution in [0.2, 0.25) is 0 Å². The first-order chi connectivity index (χ1) is 9.00. The van der Waals surface area contributed by atoms with E-state index in [0.717, 1.165) is 19.3 Å². The summed E-state index contributed by atoms with van der Waals surface area (Å²) in [6.07, 6.45) is 13.2. The summed E-state index contributed by atoms with van der Waals surface area (Å²) in [5.41, 5.74) is 0. The molecule has 1 rings (SSSR count). The minimum Gasteiger partial charge on any atom is -0.498 e. The molecule has 6 heteroatoms. The van der Waals surface area contributed by atoms with Gasteiger partial charge < -0.3 is 9.62 Å². The summed E-state index contributed by atoms with van der Waals surface area (Å²) in [6, 6.07) is 0. The highest BCUT2D eigenvalue weighted by Gasteiger charge is 1.92. The average Bonchev–Trinajstić information content (AvgIpc) is 2.39. The van der Waals surface area contributed by atoms with Crippen LogP contribution in [0.5, 0.6) is 0 Å². The van der Waals surface area contributed by atoms with Gasteiger partial charge in [-0.25, -0.2) is 4.89 Å². The molecule has 0 aliphatic carbocycles. The summed E-state index contributed by atoms with van der Waals surface area (Å²) < 4.78 is 5.15. The maximum atomic E-state index is 5.15. The van der Waals surface area contributed by atoms with Crippen LogP contribution in [-0.2, 0) is 29.6 Å². The molecular formula is C12H20O6. The van der Waals surface area contributed by atoms with Crippen LogP contribution >= 0.6 is 0 Å². The Morgan fingerprint density at radius 1 is 0.667 bits per heavy atom. The van der Waals surface area contributed by atoms with Crippen LogP contribution in [0.3, 0.4) is 0 Å². The fourth-order valence-electron chi connectivity index (χ4n) is 1.39. The van der Waals surface area contributed by atoms with Gasteiger partial charge in [-0.1, -0.05) is 25.0 Å². The van der Waals surface area contributed by atoms with Crippen molar-refractivity contribution in [3.63, 3.8) is 0 Å². The highest BCUT2D eigenvalue weighted by Crippen LogP contribution is 2.04. The lowest BCUT2D eigenvalue weighted by atomic mass is 10.1. The molecule has 1 aliphatic rings. The summed E-state index contributed by atoms with van der Waals surface area (Å²) >= 11 is 0. The van der Waals surface area contributed by atoms with Gasteiger partial charge in [-0.3, -0.25) is 0 Å². The second-order valence-electron chi connectivity index (χ2n) is 3.73. The summed E-state index contributed by atoms with van der Waals surface area (Å²) in [5.74, 6) is 0. The molecule has 1 aliphatic heterocycles. The lowest BCUT2D eigenvalue weighted by Gasteiger charge is -2.02. The highest BCUT2D eigenvalue weighted by molar-refractivity contribution is 4.81. The Labute approximate surface area is 107 Å². The quantitative estimate of drug-likeness (QED) is 0.492. The number of rotatable bonds is 0. The normalized spacial score (nSPS) is 24.9. The van der Waals surface area contributed by atoms with E-state index in [4.69, 9.17) is 4.74 Å². The largest absolute Gasteiger partial charge is 0.498 e. The minimum absolute atomic E-state index is 0.388. The molecule has 1 heterocycles. The maximum absolute atomic E-state index is 5.15. The van der Waals surface area contributed by atoms with E-state index in [2.05, 4.69) is 37.0 Å². The molecule has 0 saturated heterocycles. The number of hydrogen-bond acceptors (Lipinski definition) is 6. The van der Waals surface area contributed by atoms with Crippen molar-refractivity contribution in [3.8, 4) is 0 Å². The maximum Gasteiger partial charge on any atom is 0.167 e. The van der Waals surface area contributed by atoms with Crippen LogP contribution in [0.4, 0.5) is 0 Å². The lowest BCUT2D eigenvalue weighted by Crippen LogP contribution is -1.98. The van der Waals surface area contributed by atoms with Gasteiger partial charge >= 0.3 is 0 Å². The highest BCUT2D eigenvalue weighted by atomic mass is 17.8. The molecule has 0 N–H and O–H groups in total. The molecule has 6 nitrogen and oxygen atoms in total. The van der Waals surface area contributed by atoms with Crippen LogP contribution in [0, 0.1) is 0 Å². The molecular weight excluding hydrogens is 240 g/mol. The van der Waals surface area contributed by atoms with Crippen LogP contribution in [0.15, 0.2) is 24.7 Å². The summed E-state index contributed by atoms with van der Waals surface area (Å²) in [6.45, 7) is 1.05. The average molecular weight is 260 g/mol. The third-order valence-corrected chi connectivity index (χ3v) is 2.27. The van der Waals surface area contributed by atoms with E-state index >= 15 is 0 Å².